The Morgan fingerprint density at radius 1 is 1.31 bits per heavy atom. The first-order valence-electron chi connectivity index (χ1n) is 5.11. The molecule has 0 spiro atoms. The van der Waals surface area contributed by atoms with E-state index in [1.807, 2.05) is 6.92 Å². The SMILES string of the molecule is CC(C)C(C)Oc1nc(Cl)nc2nc[nH]c12. The lowest BCUT2D eigenvalue weighted by molar-refractivity contribution is 0.165. The molecule has 0 saturated carbocycles. The van der Waals surface area contributed by atoms with Gasteiger partial charge < -0.3 is 9.72 Å². The maximum Gasteiger partial charge on any atom is 0.244 e. The van der Waals surface area contributed by atoms with Gasteiger partial charge >= 0.3 is 0 Å². The number of hydrogen-bond donors (Lipinski definition) is 1. The summed E-state index contributed by atoms with van der Waals surface area (Å²) in [6.07, 6.45) is 1.60. The van der Waals surface area contributed by atoms with E-state index >= 15 is 0 Å². The van der Waals surface area contributed by atoms with E-state index in [-0.39, 0.29) is 11.4 Å². The van der Waals surface area contributed by atoms with Crippen molar-refractivity contribution in [3.8, 4) is 5.88 Å². The predicted molar refractivity (Wildman–Crippen MR) is 61.6 cm³/mol. The molecule has 2 rings (SSSR count). The van der Waals surface area contributed by atoms with Crippen LogP contribution >= 0.6 is 11.6 Å². The number of nitrogens with one attached hydrogen (secondary N) is 1. The molecule has 0 saturated heterocycles. The van der Waals surface area contributed by atoms with Crippen LogP contribution in [-0.2, 0) is 0 Å². The molecule has 6 heteroatoms. The Bertz CT molecular complexity index is 497. The highest BCUT2D eigenvalue weighted by Crippen LogP contribution is 2.23. The van der Waals surface area contributed by atoms with Crippen molar-refractivity contribution in [2.45, 2.75) is 26.9 Å². The number of H-pyrrole nitrogens is 1. The van der Waals surface area contributed by atoms with Crippen LogP contribution in [0.25, 0.3) is 11.2 Å². The van der Waals surface area contributed by atoms with E-state index in [1.165, 1.54) is 0 Å². The van der Waals surface area contributed by atoms with Crippen molar-refractivity contribution >= 4 is 22.8 Å². The summed E-state index contributed by atoms with van der Waals surface area (Å²) in [5.74, 6) is 0.848. The molecule has 2 heterocycles. The molecule has 1 N–H and O–H groups in total. The van der Waals surface area contributed by atoms with Gasteiger partial charge in [0, 0.05) is 0 Å². The maximum absolute atomic E-state index is 5.79. The van der Waals surface area contributed by atoms with Crippen LogP contribution < -0.4 is 4.74 Å². The zero-order valence-corrected chi connectivity index (χ0v) is 10.1. The topological polar surface area (TPSA) is 63.7 Å². The van der Waals surface area contributed by atoms with Gasteiger partial charge in [-0.15, -0.1) is 0 Å². The van der Waals surface area contributed by atoms with Gasteiger partial charge in [0.15, 0.2) is 5.65 Å². The van der Waals surface area contributed by atoms with Gasteiger partial charge in [0.05, 0.1) is 6.33 Å². The third kappa shape index (κ3) is 2.09. The Balaban J connectivity index is 2.39. The molecular weight excluding hydrogens is 228 g/mol. The van der Waals surface area contributed by atoms with Crippen molar-refractivity contribution in [2.75, 3.05) is 0 Å². The normalized spacial score (nSPS) is 13.3. The molecule has 0 aliphatic carbocycles. The van der Waals surface area contributed by atoms with Gasteiger partial charge in [0.1, 0.15) is 11.6 Å². The molecule has 5 nitrogen and oxygen atoms in total. The highest BCUT2D eigenvalue weighted by atomic mass is 35.5. The Morgan fingerprint density at radius 2 is 2.06 bits per heavy atom. The van der Waals surface area contributed by atoms with Gasteiger partial charge in [-0.2, -0.15) is 9.97 Å². The predicted octanol–water partition coefficient (Wildman–Crippen LogP) is 2.43. The summed E-state index contributed by atoms with van der Waals surface area (Å²) >= 11 is 5.79. The van der Waals surface area contributed by atoms with Crippen molar-refractivity contribution in [1.29, 1.82) is 0 Å². The molecule has 0 amide bonds. The van der Waals surface area contributed by atoms with Crippen LogP contribution in [0.4, 0.5) is 0 Å². The summed E-state index contributed by atoms with van der Waals surface area (Å²) in [7, 11) is 0. The molecule has 1 atom stereocenters. The van der Waals surface area contributed by atoms with Gasteiger partial charge in [0.25, 0.3) is 0 Å². The lowest BCUT2D eigenvalue weighted by Gasteiger charge is -2.17. The van der Waals surface area contributed by atoms with E-state index in [2.05, 4.69) is 33.8 Å². The number of rotatable bonds is 3. The smallest absolute Gasteiger partial charge is 0.244 e. The van der Waals surface area contributed by atoms with E-state index in [0.29, 0.717) is 23.0 Å². The van der Waals surface area contributed by atoms with Gasteiger partial charge in [0.2, 0.25) is 11.2 Å². The van der Waals surface area contributed by atoms with Crippen LogP contribution in [0, 0.1) is 5.92 Å². The standard InChI is InChI=1S/C10H13ClN4O/c1-5(2)6(3)16-9-7-8(13-4-12-7)14-10(11)15-9/h4-6H,1-3H3,(H,12,13,14,15). The van der Waals surface area contributed by atoms with Gasteiger partial charge in [-0.25, -0.2) is 4.98 Å². The Kier molecular flexibility index (Phi) is 2.96. The number of ether oxygens (including phenoxy) is 1. The Hall–Kier alpha value is -1.36. The molecule has 86 valence electrons. The molecule has 2 aromatic heterocycles. The summed E-state index contributed by atoms with van der Waals surface area (Å²) in [5, 5.41) is 0.144. The second-order valence-corrected chi connectivity index (χ2v) is 4.30. The van der Waals surface area contributed by atoms with E-state index in [4.69, 9.17) is 16.3 Å². The maximum atomic E-state index is 5.79. The van der Waals surface area contributed by atoms with E-state index in [9.17, 15) is 0 Å². The van der Waals surface area contributed by atoms with Crippen LogP contribution in [0.3, 0.4) is 0 Å². The van der Waals surface area contributed by atoms with Crippen molar-refractivity contribution < 1.29 is 4.74 Å². The van der Waals surface area contributed by atoms with Crippen LogP contribution in [0.1, 0.15) is 20.8 Å². The lowest BCUT2D eigenvalue weighted by Crippen LogP contribution is -2.19. The summed E-state index contributed by atoms with van der Waals surface area (Å²) in [5.41, 5.74) is 1.20. The molecule has 0 aliphatic heterocycles. The van der Waals surface area contributed by atoms with Gasteiger partial charge in [-0.3, -0.25) is 0 Å². The lowest BCUT2D eigenvalue weighted by atomic mass is 10.1. The fourth-order valence-corrected chi connectivity index (χ4v) is 1.34. The highest BCUT2D eigenvalue weighted by Gasteiger charge is 2.15. The summed E-state index contributed by atoms with van der Waals surface area (Å²) < 4.78 is 5.72. The van der Waals surface area contributed by atoms with Crippen LogP contribution in [0.2, 0.25) is 5.28 Å². The number of imidazole rings is 1. The molecule has 0 fully saturated rings. The molecule has 16 heavy (non-hydrogen) atoms. The first kappa shape index (κ1) is 11.1. The Morgan fingerprint density at radius 3 is 2.75 bits per heavy atom. The van der Waals surface area contributed by atoms with Crippen LogP contribution in [0.15, 0.2) is 6.33 Å². The number of fused-ring (bicyclic) bond motifs is 1. The molecular formula is C10H13ClN4O. The number of nitrogens with zero attached hydrogens (tertiary/aromatic N) is 3. The van der Waals surface area contributed by atoms with E-state index in [1.54, 1.807) is 6.33 Å². The highest BCUT2D eigenvalue weighted by molar-refractivity contribution is 6.28. The van der Waals surface area contributed by atoms with Crippen molar-refractivity contribution in [2.24, 2.45) is 5.92 Å². The molecule has 0 radical (unpaired) electrons. The van der Waals surface area contributed by atoms with E-state index < -0.39 is 0 Å². The fraction of sp³-hybridized carbons (Fsp3) is 0.500. The third-order valence-electron chi connectivity index (χ3n) is 2.46. The largest absolute Gasteiger partial charge is 0.473 e. The summed E-state index contributed by atoms with van der Waals surface area (Å²) in [6.45, 7) is 6.15. The van der Waals surface area contributed by atoms with E-state index in [0.717, 1.165) is 0 Å². The summed E-state index contributed by atoms with van der Waals surface area (Å²) in [4.78, 5) is 15.0. The van der Waals surface area contributed by atoms with Gasteiger partial charge in [-0.1, -0.05) is 13.8 Å². The minimum absolute atomic E-state index is 0.0532. The van der Waals surface area contributed by atoms with Crippen LogP contribution in [-0.4, -0.2) is 26.0 Å². The zero-order chi connectivity index (χ0) is 11.7. The number of halogens is 1. The Labute approximate surface area is 98.2 Å². The number of aromatic nitrogens is 4. The monoisotopic (exact) mass is 240 g/mol. The van der Waals surface area contributed by atoms with Crippen molar-refractivity contribution in [1.82, 2.24) is 19.9 Å². The quantitative estimate of drug-likeness (QED) is 0.837. The van der Waals surface area contributed by atoms with Crippen molar-refractivity contribution in [3.05, 3.63) is 11.6 Å². The van der Waals surface area contributed by atoms with Crippen molar-refractivity contribution in [3.63, 3.8) is 0 Å². The minimum Gasteiger partial charge on any atom is -0.473 e. The molecule has 0 bridgehead atoms. The second-order valence-electron chi connectivity index (χ2n) is 3.97. The third-order valence-corrected chi connectivity index (χ3v) is 2.63. The molecule has 2 aromatic rings. The van der Waals surface area contributed by atoms with Crippen LogP contribution in [0.5, 0.6) is 5.88 Å². The second kappa shape index (κ2) is 4.25. The first-order chi connectivity index (χ1) is 7.58. The molecule has 0 aliphatic rings. The number of hydrogen-bond acceptors (Lipinski definition) is 4. The minimum atomic E-state index is 0.0532. The average molecular weight is 241 g/mol. The number of aromatic amines is 1. The average Bonchev–Trinajstić information content (AvgIpc) is 2.65. The molecule has 0 aromatic carbocycles. The van der Waals surface area contributed by atoms with Gasteiger partial charge in [-0.05, 0) is 24.4 Å². The first-order valence-corrected chi connectivity index (χ1v) is 5.49. The zero-order valence-electron chi connectivity index (χ0n) is 9.36. The fourth-order valence-electron chi connectivity index (χ4n) is 1.18. The summed E-state index contributed by atoms with van der Waals surface area (Å²) in [6, 6.07) is 0. The molecule has 1 unspecified atom stereocenters.